The number of nitrogens with zero attached hydrogens (tertiary/aromatic N) is 3. The van der Waals surface area contributed by atoms with E-state index in [1.165, 1.54) is 18.6 Å². The van der Waals surface area contributed by atoms with Gasteiger partial charge in [-0.1, -0.05) is 32.9 Å². The molecule has 0 saturated carbocycles. The van der Waals surface area contributed by atoms with Gasteiger partial charge in [-0.25, -0.2) is 14.1 Å². The Balaban J connectivity index is 0.00000107. The Kier molecular flexibility index (Phi) is 9.34. The molecule has 2 heterocycles. The number of halogens is 2. The molecule has 0 aliphatic heterocycles. The minimum atomic E-state index is -0.326. The average molecular weight is 485 g/mol. The normalized spacial score (nSPS) is 10.8. The highest BCUT2D eigenvalue weighted by Gasteiger charge is 2.18. The lowest BCUT2D eigenvalue weighted by Gasteiger charge is -2.10. The number of carbonyl (C=O) groups is 1. The zero-order chi connectivity index (χ0) is 22.8. The zero-order valence-electron chi connectivity index (χ0n) is 17.9. The van der Waals surface area contributed by atoms with E-state index in [1.807, 2.05) is 12.1 Å². The molecule has 162 valence electrons. The molecule has 0 spiro atoms. The second-order valence-corrected chi connectivity index (χ2v) is 7.43. The zero-order valence-corrected chi connectivity index (χ0v) is 19.5. The van der Waals surface area contributed by atoms with Crippen LogP contribution in [0.15, 0.2) is 66.1 Å². The van der Waals surface area contributed by atoms with Gasteiger partial charge in [-0.05, 0) is 70.9 Å². The number of hydrogen-bond acceptors (Lipinski definition) is 3. The summed E-state index contributed by atoms with van der Waals surface area (Å²) in [5, 5.41) is 7.26. The van der Waals surface area contributed by atoms with Crippen molar-refractivity contribution in [1.82, 2.24) is 20.1 Å². The molecule has 0 aliphatic carbocycles. The first-order chi connectivity index (χ1) is 14.9. The molecule has 5 nitrogen and oxygen atoms in total. The summed E-state index contributed by atoms with van der Waals surface area (Å²) in [6.45, 7) is 10.3. The van der Waals surface area contributed by atoms with Crippen LogP contribution in [0.2, 0.25) is 0 Å². The van der Waals surface area contributed by atoms with Crippen LogP contribution in [0, 0.1) is 5.82 Å². The van der Waals surface area contributed by atoms with Crippen molar-refractivity contribution in [2.45, 2.75) is 33.7 Å². The quantitative estimate of drug-likeness (QED) is 0.347. The largest absolute Gasteiger partial charge is 0.348 e. The van der Waals surface area contributed by atoms with Crippen LogP contribution in [-0.4, -0.2) is 20.7 Å². The van der Waals surface area contributed by atoms with E-state index < -0.39 is 0 Å². The molecular formula is C24H26BrFN4O. The van der Waals surface area contributed by atoms with Crippen molar-refractivity contribution in [3.63, 3.8) is 0 Å². The fourth-order valence-electron chi connectivity index (χ4n) is 2.79. The van der Waals surface area contributed by atoms with Gasteiger partial charge in [-0.15, -0.1) is 0 Å². The number of nitrogens with one attached hydrogen (secondary N) is 1. The molecule has 1 amide bonds. The summed E-state index contributed by atoms with van der Waals surface area (Å²) in [6.07, 6.45) is 7.89. The van der Waals surface area contributed by atoms with Gasteiger partial charge >= 0.3 is 0 Å². The SMILES string of the molecule is C=Cc1c(/C(=C\C)C(=O)NCc2ccnc(Br)c2)cnn1-c1ccc(F)cc1.CCC. The minimum Gasteiger partial charge on any atom is -0.348 e. The summed E-state index contributed by atoms with van der Waals surface area (Å²) in [4.78, 5) is 16.8. The van der Waals surface area contributed by atoms with Gasteiger partial charge < -0.3 is 5.32 Å². The van der Waals surface area contributed by atoms with E-state index in [0.29, 0.717) is 33.7 Å². The molecule has 7 heteroatoms. The highest BCUT2D eigenvalue weighted by Crippen LogP contribution is 2.24. The number of benzene rings is 1. The summed E-state index contributed by atoms with van der Waals surface area (Å²) in [5.41, 5.74) is 3.39. The summed E-state index contributed by atoms with van der Waals surface area (Å²) >= 11 is 3.32. The Bertz CT molecular complexity index is 1060. The van der Waals surface area contributed by atoms with Crippen LogP contribution in [0.5, 0.6) is 0 Å². The van der Waals surface area contributed by atoms with Crippen LogP contribution in [0.25, 0.3) is 17.3 Å². The molecule has 0 radical (unpaired) electrons. The molecule has 3 rings (SSSR count). The lowest BCUT2D eigenvalue weighted by molar-refractivity contribution is -0.115. The van der Waals surface area contributed by atoms with Gasteiger partial charge in [0.1, 0.15) is 10.4 Å². The molecule has 0 unspecified atom stereocenters. The van der Waals surface area contributed by atoms with Crippen molar-refractivity contribution >= 4 is 33.5 Å². The highest BCUT2D eigenvalue weighted by molar-refractivity contribution is 9.10. The van der Waals surface area contributed by atoms with Crippen molar-refractivity contribution in [2.24, 2.45) is 0 Å². The Morgan fingerprint density at radius 2 is 1.94 bits per heavy atom. The summed E-state index contributed by atoms with van der Waals surface area (Å²) < 4.78 is 15.5. The number of aromatic nitrogens is 3. The maximum atomic E-state index is 13.2. The number of allylic oxidation sites excluding steroid dienone is 1. The van der Waals surface area contributed by atoms with E-state index in [2.05, 4.69) is 51.8 Å². The summed E-state index contributed by atoms with van der Waals surface area (Å²) in [5.74, 6) is -0.551. The Hall–Kier alpha value is -3.06. The van der Waals surface area contributed by atoms with Crippen LogP contribution in [-0.2, 0) is 11.3 Å². The molecule has 0 bridgehead atoms. The molecule has 2 aromatic heterocycles. The smallest absolute Gasteiger partial charge is 0.251 e. The Morgan fingerprint density at radius 3 is 2.52 bits per heavy atom. The van der Waals surface area contributed by atoms with Gasteiger partial charge in [-0.3, -0.25) is 4.79 Å². The molecule has 31 heavy (non-hydrogen) atoms. The van der Waals surface area contributed by atoms with Gasteiger partial charge in [0.05, 0.1) is 17.6 Å². The number of pyridine rings is 1. The van der Waals surface area contributed by atoms with Gasteiger partial charge in [0.15, 0.2) is 0 Å². The second kappa shape index (κ2) is 12.0. The van der Waals surface area contributed by atoms with E-state index in [9.17, 15) is 9.18 Å². The summed E-state index contributed by atoms with van der Waals surface area (Å²) in [6, 6.07) is 9.64. The van der Waals surface area contributed by atoms with Gasteiger partial charge in [0.2, 0.25) is 0 Å². The maximum Gasteiger partial charge on any atom is 0.251 e. The van der Waals surface area contributed by atoms with E-state index >= 15 is 0 Å². The summed E-state index contributed by atoms with van der Waals surface area (Å²) in [7, 11) is 0. The first-order valence-corrected chi connectivity index (χ1v) is 10.8. The number of hydrogen-bond donors (Lipinski definition) is 1. The third-order valence-corrected chi connectivity index (χ3v) is 4.57. The third-order valence-electron chi connectivity index (χ3n) is 4.14. The molecule has 0 atom stereocenters. The lowest BCUT2D eigenvalue weighted by Crippen LogP contribution is -2.24. The van der Waals surface area contributed by atoms with Crippen molar-refractivity contribution < 1.29 is 9.18 Å². The third kappa shape index (κ3) is 6.46. The van der Waals surface area contributed by atoms with Gasteiger partial charge in [0, 0.05) is 23.9 Å². The highest BCUT2D eigenvalue weighted by atomic mass is 79.9. The van der Waals surface area contributed by atoms with E-state index in [1.54, 1.807) is 48.3 Å². The lowest BCUT2D eigenvalue weighted by atomic mass is 10.1. The Labute approximate surface area is 190 Å². The van der Waals surface area contributed by atoms with Crippen molar-refractivity contribution in [2.75, 3.05) is 0 Å². The topological polar surface area (TPSA) is 59.8 Å². The van der Waals surface area contributed by atoms with Gasteiger partial charge in [-0.2, -0.15) is 5.10 Å². The van der Waals surface area contributed by atoms with E-state index in [-0.39, 0.29) is 11.7 Å². The Morgan fingerprint density at radius 1 is 1.26 bits per heavy atom. The molecule has 0 aliphatic rings. The molecule has 0 fully saturated rings. The van der Waals surface area contributed by atoms with Crippen molar-refractivity contribution in [1.29, 1.82) is 0 Å². The van der Waals surface area contributed by atoms with Crippen molar-refractivity contribution in [3.8, 4) is 5.69 Å². The first kappa shape index (κ1) is 24.2. The molecular weight excluding hydrogens is 459 g/mol. The number of carbonyl (C=O) groups excluding carboxylic acids is 1. The molecule has 0 saturated heterocycles. The minimum absolute atomic E-state index is 0.225. The second-order valence-electron chi connectivity index (χ2n) is 6.61. The maximum absolute atomic E-state index is 13.2. The average Bonchev–Trinajstić information content (AvgIpc) is 3.17. The van der Waals surface area contributed by atoms with Crippen molar-refractivity contribution in [3.05, 3.63) is 88.7 Å². The molecule has 3 aromatic rings. The standard InChI is InChI=1S/C21H18BrFN4O.C3H8/c1-3-17(21(28)25-12-14-9-10-24-20(22)11-14)18-13-26-27(19(18)4-2)16-7-5-15(23)6-8-16;1-3-2/h3-11,13H,2,12H2,1H3,(H,25,28);3H2,1-2H3/b17-3+;. The van der Waals surface area contributed by atoms with Crippen LogP contribution in [0.4, 0.5) is 4.39 Å². The van der Waals surface area contributed by atoms with Crippen LogP contribution < -0.4 is 5.32 Å². The molecule has 1 aromatic carbocycles. The van der Waals surface area contributed by atoms with Gasteiger partial charge in [0.25, 0.3) is 5.91 Å². The van der Waals surface area contributed by atoms with E-state index in [0.717, 1.165) is 5.56 Å². The van der Waals surface area contributed by atoms with Crippen LogP contribution in [0.3, 0.4) is 0 Å². The van der Waals surface area contributed by atoms with Crippen LogP contribution >= 0.6 is 15.9 Å². The fourth-order valence-corrected chi connectivity index (χ4v) is 3.20. The fraction of sp³-hybridized carbons (Fsp3) is 0.208. The predicted molar refractivity (Wildman–Crippen MR) is 127 cm³/mol. The predicted octanol–water partition coefficient (Wildman–Crippen LogP) is 5.95. The van der Waals surface area contributed by atoms with Crippen LogP contribution in [0.1, 0.15) is 44.0 Å². The number of amides is 1. The first-order valence-electron chi connectivity index (χ1n) is 9.96. The monoisotopic (exact) mass is 484 g/mol. The number of rotatable bonds is 6. The molecule has 1 N–H and O–H groups in total. The van der Waals surface area contributed by atoms with E-state index in [4.69, 9.17) is 0 Å².